The van der Waals surface area contributed by atoms with Gasteiger partial charge in [0, 0.05) is 25.0 Å². The van der Waals surface area contributed by atoms with Gasteiger partial charge in [-0.15, -0.1) is 0 Å². The summed E-state index contributed by atoms with van der Waals surface area (Å²) in [5, 5.41) is 6.41. The number of hydrogen-bond donors (Lipinski definition) is 2. The maximum absolute atomic E-state index is 11.0. The molecule has 0 aliphatic carbocycles. The first kappa shape index (κ1) is 9.93. The van der Waals surface area contributed by atoms with E-state index in [0.717, 1.165) is 6.54 Å². The lowest BCUT2D eigenvalue weighted by molar-refractivity contribution is -0.119. The summed E-state index contributed by atoms with van der Waals surface area (Å²) in [5.41, 5.74) is 0. The molecule has 0 radical (unpaired) electrons. The summed E-state index contributed by atoms with van der Waals surface area (Å²) in [6.45, 7) is 3.16. The predicted octanol–water partition coefficient (Wildman–Crippen LogP) is -0.441. The fourth-order valence-electron chi connectivity index (χ4n) is 2.23. The highest BCUT2D eigenvalue weighted by atomic mass is 16.1. The Kier molecular flexibility index (Phi) is 3.03. The van der Waals surface area contributed by atoms with Crippen molar-refractivity contribution >= 4 is 5.91 Å². The molecule has 14 heavy (non-hydrogen) atoms. The summed E-state index contributed by atoms with van der Waals surface area (Å²) >= 11 is 0. The van der Waals surface area contributed by atoms with Crippen molar-refractivity contribution in [3.63, 3.8) is 0 Å². The molecule has 0 bridgehead atoms. The summed E-state index contributed by atoms with van der Waals surface area (Å²) < 4.78 is 0. The highest BCUT2D eigenvalue weighted by Crippen LogP contribution is 2.10. The third-order valence-corrected chi connectivity index (χ3v) is 3.17. The van der Waals surface area contributed by atoms with Crippen LogP contribution in [-0.2, 0) is 4.79 Å². The number of amides is 1. The molecule has 1 amide bonds. The van der Waals surface area contributed by atoms with Gasteiger partial charge in [-0.1, -0.05) is 0 Å². The molecule has 2 aliphatic heterocycles. The van der Waals surface area contributed by atoms with Crippen LogP contribution in [0.5, 0.6) is 0 Å². The Hall–Kier alpha value is -0.610. The molecule has 0 aromatic rings. The van der Waals surface area contributed by atoms with Crippen LogP contribution in [0, 0.1) is 0 Å². The molecule has 80 valence electrons. The molecular weight excluding hydrogens is 178 g/mol. The van der Waals surface area contributed by atoms with E-state index in [9.17, 15) is 4.79 Å². The second-order valence-corrected chi connectivity index (χ2v) is 4.45. The van der Waals surface area contributed by atoms with Crippen molar-refractivity contribution in [2.45, 2.75) is 31.3 Å². The van der Waals surface area contributed by atoms with Gasteiger partial charge in [0.05, 0.1) is 0 Å². The molecule has 2 heterocycles. The number of carbonyl (C=O) groups excluding carboxylic acids is 1. The molecule has 4 nitrogen and oxygen atoms in total. The molecule has 1 unspecified atom stereocenters. The van der Waals surface area contributed by atoms with E-state index in [1.54, 1.807) is 0 Å². The maximum Gasteiger partial charge on any atom is 0.221 e. The van der Waals surface area contributed by atoms with E-state index in [0.29, 0.717) is 18.5 Å². The second-order valence-electron chi connectivity index (χ2n) is 4.45. The van der Waals surface area contributed by atoms with E-state index in [4.69, 9.17) is 0 Å². The van der Waals surface area contributed by atoms with Gasteiger partial charge >= 0.3 is 0 Å². The lowest BCUT2D eigenvalue weighted by atomic mass is 10.0. The van der Waals surface area contributed by atoms with Crippen molar-refractivity contribution in [1.29, 1.82) is 0 Å². The first-order valence-electron chi connectivity index (χ1n) is 5.45. The van der Waals surface area contributed by atoms with E-state index in [2.05, 4.69) is 22.6 Å². The SMILES string of the molecule is CN1CCC(NC2CNC(=O)C2)CC1. The zero-order valence-electron chi connectivity index (χ0n) is 8.75. The zero-order valence-corrected chi connectivity index (χ0v) is 8.75. The molecule has 2 aliphatic rings. The molecule has 1 atom stereocenters. The van der Waals surface area contributed by atoms with Crippen molar-refractivity contribution in [3.05, 3.63) is 0 Å². The summed E-state index contributed by atoms with van der Waals surface area (Å²) in [6, 6.07) is 0.986. The smallest absolute Gasteiger partial charge is 0.221 e. The van der Waals surface area contributed by atoms with Gasteiger partial charge in [0.2, 0.25) is 5.91 Å². The minimum absolute atomic E-state index is 0.190. The van der Waals surface area contributed by atoms with Crippen LogP contribution in [0.25, 0.3) is 0 Å². The van der Waals surface area contributed by atoms with Crippen LogP contribution in [0.15, 0.2) is 0 Å². The monoisotopic (exact) mass is 197 g/mol. The Morgan fingerprint density at radius 3 is 2.64 bits per heavy atom. The van der Waals surface area contributed by atoms with Gasteiger partial charge in [0.15, 0.2) is 0 Å². The molecule has 0 aromatic carbocycles. The van der Waals surface area contributed by atoms with Crippen molar-refractivity contribution in [3.8, 4) is 0 Å². The largest absolute Gasteiger partial charge is 0.354 e. The van der Waals surface area contributed by atoms with E-state index < -0.39 is 0 Å². The van der Waals surface area contributed by atoms with Gasteiger partial charge in [-0.05, 0) is 33.0 Å². The molecule has 0 saturated carbocycles. The van der Waals surface area contributed by atoms with Crippen molar-refractivity contribution < 1.29 is 4.79 Å². The van der Waals surface area contributed by atoms with Crippen molar-refractivity contribution in [1.82, 2.24) is 15.5 Å². The highest BCUT2D eigenvalue weighted by Gasteiger charge is 2.25. The van der Waals surface area contributed by atoms with E-state index in [-0.39, 0.29) is 5.91 Å². The van der Waals surface area contributed by atoms with E-state index in [1.165, 1.54) is 25.9 Å². The zero-order chi connectivity index (χ0) is 9.97. The van der Waals surface area contributed by atoms with Crippen LogP contribution in [-0.4, -0.2) is 49.6 Å². The summed E-state index contributed by atoms with van der Waals surface area (Å²) in [6.07, 6.45) is 3.08. The molecule has 0 aromatic heterocycles. The third-order valence-electron chi connectivity index (χ3n) is 3.17. The fraction of sp³-hybridized carbons (Fsp3) is 0.900. The number of piperidine rings is 1. The van der Waals surface area contributed by atoms with E-state index in [1.807, 2.05) is 0 Å². The van der Waals surface area contributed by atoms with Crippen LogP contribution in [0.4, 0.5) is 0 Å². The van der Waals surface area contributed by atoms with E-state index >= 15 is 0 Å². The second kappa shape index (κ2) is 4.28. The summed E-state index contributed by atoms with van der Waals surface area (Å²) in [4.78, 5) is 13.3. The lowest BCUT2D eigenvalue weighted by Gasteiger charge is -2.31. The van der Waals surface area contributed by atoms with Gasteiger partial charge in [0.25, 0.3) is 0 Å². The maximum atomic E-state index is 11.0. The van der Waals surface area contributed by atoms with Crippen LogP contribution in [0.3, 0.4) is 0 Å². The molecule has 2 saturated heterocycles. The number of nitrogens with zero attached hydrogens (tertiary/aromatic N) is 1. The Morgan fingerprint density at radius 1 is 1.36 bits per heavy atom. The first-order valence-corrected chi connectivity index (χ1v) is 5.45. The normalized spacial score (nSPS) is 30.6. The lowest BCUT2D eigenvalue weighted by Crippen LogP contribution is -2.45. The molecule has 4 heteroatoms. The topological polar surface area (TPSA) is 44.4 Å². The number of rotatable bonds is 2. The van der Waals surface area contributed by atoms with Gasteiger partial charge in [-0.3, -0.25) is 4.79 Å². The highest BCUT2D eigenvalue weighted by molar-refractivity contribution is 5.78. The van der Waals surface area contributed by atoms with Crippen LogP contribution < -0.4 is 10.6 Å². The molecule has 2 N–H and O–H groups in total. The average Bonchev–Trinajstić information content (AvgIpc) is 2.56. The molecular formula is C10H19N3O. The predicted molar refractivity (Wildman–Crippen MR) is 55.1 cm³/mol. The van der Waals surface area contributed by atoms with Gasteiger partial charge in [-0.25, -0.2) is 0 Å². The third kappa shape index (κ3) is 2.45. The minimum Gasteiger partial charge on any atom is -0.354 e. The summed E-state index contributed by atoms with van der Waals surface area (Å²) in [7, 11) is 2.16. The van der Waals surface area contributed by atoms with Gasteiger partial charge < -0.3 is 15.5 Å². The van der Waals surface area contributed by atoms with Crippen LogP contribution in [0.1, 0.15) is 19.3 Å². The average molecular weight is 197 g/mol. The molecule has 2 fully saturated rings. The Balaban J connectivity index is 1.72. The van der Waals surface area contributed by atoms with Crippen molar-refractivity contribution in [2.24, 2.45) is 0 Å². The van der Waals surface area contributed by atoms with Crippen LogP contribution >= 0.6 is 0 Å². The quantitative estimate of drug-likeness (QED) is 0.631. The minimum atomic E-state index is 0.190. The number of likely N-dealkylation sites (tertiary alicyclic amines) is 1. The summed E-state index contributed by atoms with van der Waals surface area (Å²) in [5.74, 6) is 0.190. The number of carbonyl (C=O) groups is 1. The number of nitrogens with one attached hydrogen (secondary N) is 2. The Morgan fingerprint density at radius 2 is 2.07 bits per heavy atom. The van der Waals surface area contributed by atoms with Crippen LogP contribution in [0.2, 0.25) is 0 Å². The molecule has 2 rings (SSSR count). The number of hydrogen-bond acceptors (Lipinski definition) is 3. The van der Waals surface area contributed by atoms with Gasteiger partial charge in [0.1, 0.15) is 0 Å². The molecule has 0 spiro atoms. The Bertz CT molecular complexity index is 211. The Labute approximate surface area is 85.0 Å². The van der Waals surface area contributed by atoms with Gasteiger partial charge in [-0.2, -0.15) is 0 Å². The van der Waals surface area contributed by atoms with Crippen molar-refractivity contribution in [2.75, 3.05) is 26.7 Å². The standard InChI is InChI=1S/C10H19N3O/c1-13-4-2-8(3-5-13)12-9-6-10(14)11-7-9/h8-9,12H,2-7H2,1H3,(H,11,14). The fourth-order valence-corrected chi connectivity index (χ4v) is 2.23. The first-order chi connectivity index (χ1) is 6.74.